The van der Waals surface area contributed by atoms with Crippen LogP contribution in [0.5, 0.6) is 0 Å². The van der Waals surface area contributed by atoms with Gasteiger partial charge in [-0.05, 0) is 43.4 Å². The number of rotatable bonds is 4. The molecule has 0 unspecified atom stereocenters. The zero-order chi connectivity index (χ0) is 18.9. The molecule has 0 radical (unpaired) electrons. The minimum Gasteiger partial charge on any atom is -0.354 e. The highest BCUT2D eigenvalue weighted by molar-refractivity contribution is 5.88. The fourth-order valence-electron chi connectivity index (χ4n) is 4.44. The lowest BCUT2D eigenvalue weighted by Gasteiger charge is -2.46. The quantitative estimate of drug-likeness (QED) is 0.748. The molecule has 2 aliphatic rings. The number of piperidine rings is 1. The molecule has 146 valence electrons. The molecule has 0 aliphatic carbocycles. The second-order valence-corrected chi connectivity index (χ2v) is 8.01. The van der Waals surface area contributed by atoms with Crippen LogP contribution in [-0.2, 0) is 0 Å². The van der Waals surface area contributed by atoms with Crippen molar-refractivity contribution in [1.29, 1.82) is 0 Å². The lowest BCUT2D eigenvalue weighted by atomic mass is 9.91. The van der Waals surface area contributed by atoms with Crippen LogP contribution in [0, 0.1) is 12.8 Å². The third-order valence-electron chi connectivity index (χ3n) is 5.99. The second-order valence-electron chi connectivity index (χ2n) is 8.01. The number of para-hydroxylation sites is 1. The molecule has 2 aliphatic heterocycles. The van der Waals surface area contributed by atoms with Crippen LogP contribution >= 0.6 is 0 Å². The van der Waals surface area contributed by atoms with E-state index in [0.717, 1.165) is 61.0 Å². The number of hydrogen-bond acceptors (Lipinski definition) is 7. The van der Waals surface area contributed by atoms with Crippen LogP contribution < -0.4 is 10.2 Å². The summed E-state index contributed by atoms with van der Waals surface area (Å²) in [4.78, 5) is 13.7. The van der Waals surface area contributed by atoms with E-state index in [-0.39, 0.29) is 0 Å². The van der Waals surface area contributed by atoms with Crippen molar-refractivity contribution in [3.8, 4) is 0 Å². The summed E-state index contributed by atoms with van der Waals surface area (Å²) in [5.41, 5.74) is 1.96. The van der Waals surface area contributed by atoms with E-state index < -0.39 is 0 Å². The fraction of sp³-hybridized carbons (Fsp3) is 0.476. The van der Waals surface area contributed by atoms with E-state index in [2.05, 4.69) is 42.4 Å². The molecule has 1 aromatic carbocycles. The first-order chi connectivity index (χ1) is 13.8. The maximum atomic E-state index is 5.51. The average molecular weight is 378 g/mol. The minimum atomic E-state index is 0.594. The predicted octanol–water partition coefficient (Wildman–Crippen LogP) is 2.94. The highest BCUT2D eigenvalue weighted by atomic mass is 16.5. The van der Waals surface area contributed by atoms with Gasteiger partial charge in [-0.2, -0.15) is 0 Å². The van der Waals surface area contributed by atoms with Gasteiger partial charge < -0.3 is 14.7 Å². The maximum absolute atomic E-state index is 5.51. The molecule has 0 spiro atoms. The summed E-state index contributed by atoms with van der Waals surface area (Å²) in [6.45, 7) is 7.17. The summed E-state index contributed by atoms with van der Waals surface area (Å²) in [5, 5.41) is 8.87. The summed E-state index contributed by atoms with van der Waals surface area (Å²) in [5.74, 6) is 2.37. The Kier molecular flexibility index (Phi) is 4.60. The number of aromatic nitrogens is 3. The van der Waals surface area contributed by atoms with Crippen LogP contribution in [0.2, 0.25) is 0 Å². The average Bonchev–Trinajstić information content (AvgIpc) is 3.17. The molecule has 3 aromatic rings. The van der Waals surface area contributed by atoms with Gasteiger partial charge in [-0.25, -0.2) is 9.97 Å². The molecule has 28 heavy (non-hydrogen) atoms. The first-order valence-electron chi connectivity index (χ1n) is 10.1. The lowest BCUT2D eigenvalue weighted by molar-refractivity contribution is 0.0994. The third kappa shape index (κ3) is 3.42. The zero-order valence-electron chi connectivity index (χ0n) is 16.2. The van der Waals surface area contributed by atoms with Gasteiger partial charge in [0.15, 0.2) is 11.4 Å². The number of hydrogen-bond donors (Lipinski definition) is 1. The first kappa shape index (κ1) is 17.4. The Hall–Kier alpha value is -2.67. The van der Waals surface area contributed by atoms with Crippen molar-refractivity contribution in [3.05, 3.63) is 42.2 Å². The Labute approximate surface area is 164 Å². The first-order valence-corrected chi connectivity index (χ1v) is 10.1. The molecule has 0 saturated carbocycles. The Morgan fingerprint density at radius 3 is 2.86 bits per heavy atom. The van der Waals surface area contributed by atoms with Crippen LogP contribution in [-0.4, -0.2) is 58.8 Å². The van der Waals surface area contributed by atoms with Gasteiger partial charge >= 0.3 is 0 Å². The molecule has 2 aromatic heterocycles. The highest BCUT2D eigenvalue weighted by Crippen LogP contribution is 2.31. The van der Waals surface area contributed by atoms with E-state index in [9.17, 15) is 0 Å². The van der Waals surface area contributed by atoms with E-state index in [1.807, 2.05) is 31.5 Å². The van der Waals surface area contributed by atoms with E-state index in [1.54, 1.807) is 0 Å². The van der Waals surface area contributed by atoms with E-state index in [0.29, 0.717) is 12.0 Å². The third-order valence-corrected chi connectivity index (χ3v) is 5.99. The van der Waals surface area contributed by atoms with Crippen molar-refractivity contribution < 1.29 is 4.52 Å². The topological polar surface area (TPSA) is 70.3 Å². The van der Waals surface area contributed by atoms with Gasteiger partial charge in [0, 0.05) is 51.2 Å². The van der Waals surface area contributed by atoms with Crippen molar-refractivity contribution in [2.24, 2.45) is 5.92 Å². The van der Waals surface area contributed by atoms with Crippen LogP contribution in [0.15, 0.2) is 41.2 Å². The number of piperazine rings is 1. The van der Waals surface area contributed by atoms with E-state index >= 15 is 0 Å². The van der Waals surface area contributed by atoms with Crippen LogP contribution in [0.4, 0.5) is 11.8 Å². The predicted molar refractivity (Wildman–Crippen MR) is 110 cm³/mol. The summed E-state index contributed by atoms with van der Waals surface area (Å²) < 4.78 is 5.51. The number of benzene rings is 1. The maximum Gasteiger partial charge on any atom is 0.222 e. The minimum absolute atomic E-state index is 0.594. The molecule has 2 fully saturated rings. The normalized spacial score (nSPS) is 23.0. The molecular formula is C21H26N6O. The Balaban J connectivity index is 1.19. The Bertz CT molecular complexity index is 939. The molecule has 7 nitrogen and oxygen atoms in total. The van der Waals surface area contributed by atoms with Crippen molar-refractivity contribution in [2.75, 3.05) is 42.9 Å². The number of fused-ring (bicyclic) bond motifs is 2. The van der Waals surface area contributed by atoms with Gasteiger partial charge in [0.1, 0.15) is 0 Å². The SMILES string of the molecule is Cc1cnc(NC[C@H]2CC[C@H]3CN(c4noc5ccccc45)CCN3C2)nc1. The van der Waals surface area contributed by atoms with Gasteiger partial charge in [0.05, 0.1) is 5.39 Å². The van der Waals surface area contributed by atoms with Crippen LogP contribution in [0.25, 0.3) is 11.0 Å². The highest BCUT2D eigenvalue weighted by Gasteiger charge is 2.34. The van der Waals surface area contributed by atoms with Crippen molar-refractivity contribution in [3.63, 3.8) is 0 Å². The van der Waals surface area contributed by atoms with Crippen molar-refractivity contribution in [2.45, 2.75) is 25.8 Å². The lowest BCUT2D eigenvalue weighted by Crippen LogP contribution is -2.57. The molecule has 1 N–H and O–H groups in total. The molecule has 7 heteroatoms. The molecule has 2 atom stereocenters. The van der Waals surface area contributed by atoms with Crippen LogP contribution in [0.1, 0.15) is 18.4 Å². The summed E-state index contributed by atoms with van der Waals surface area (Å²) >= 11 is 0. The second kappa shape index (κ2) is 7.39. The monoisotopic (exact) mass is 378 g/mol. The van der Waals surface area contributed by atoms with Gasteiger partial charge in [0.2, 0.25) is 5.95 Å². The molecular weight excluding hydrogens is 352 g/mol. The van der Waals surface area contributed by atoms with Crippen molar-refractivity contribution >= 4 is 22.7 Å². The Morgan fingerprint density at radius 1 is 1.11 bits per heavy atom. The van der Waals surface area contributed by atoms with Gasteiger partial charge in [-0.1, -0.05) is 17.3 Å². The number of aryl methyl sites for hydroxylation is 1. The largest absolute Gasteiger partial charge is 0.354 e. The van der Waals surface area contributed by atoms with Gasteiger partial charge in [0.25, 0.3) is 0 Å². The smallest absolute Gasteiger partial charge is 0.222 e. The van der Waals surface area contributed by atoms with E-state index in [1.165, 1.54) is 12.8 Å². The number of anilines is 2. The number of nitrogens with zero attached hydrogens (tertiary/aromatic N) is 5. The van der Waals surface area contributed by atoms with Gasteiger partial charge in [-0.3, -0.25) is 4.90 Å². The van der Waals surface area contributed by atoms with Crippen molar-refractivity contribution in [1.82, 2.24) is 20.0 Å². The van der Waals surface area contributed by atoms with Gasteiger partial charge in [-0.15, -0.1) is 0 Å². The molecule has 0 amide bonds. The molecule has 2 saturated heterocycles. The zero-order valence-corrected chi connectivity index (χ0v) is 16.2. The standard InChI is InChI=1S/C21H26N6O/c1-15-10-22-21(23-11-15)24-12-16-6-7-17-14-27(9-8-26(17)13-16)20-18-4-2-3-5-19(18)28-25-20/h2-5,10-11,16-17H,6-9,12-14H2,1H3,(H,22,23,24)/t16-,17+/m1/s1. The molecule has 0 bridgehead atoms. The van der Waals surface area contributed by atoms with E-state index in [4.69, 9.17) is 4.52 Å². The number of nitrogens with one attached hydrogen (secondary N) is 1. The summed E-state index contributed by atoms with van der Waals surface area (Å²) in [6, 6.07) is 8.72. The van der Waals surface area contributed by atoms with Crippen LogP contribution in [0.3, 0.4) is 0 Å². The molecule has 4 heterocycles. The molecule has 5 rings (SSSR count). The summed E-state index contributed by atoms with van der Waals surface area (Å²) in [7, 11) is 0. The Morgan fingerprint density at radius 2 is 1.96 bits per heavy atom. The fourth-order valence-corrected chi connectivity index (χ4v) is 4.44. The summed E-state index contributed by atoms with van der Waals surface area (Å²) in [6.07, 6.45) is 6.17.